The van der Waals surface area contributed by atoms with Crippen molar-refractivity contribution in [3.05, 3.63) is 36.3 Å². The molecule has 0 aliphatic heterocycles. The zero-order valence-electron chi connectivity index (χ0n) is 12.0. The maximum absolute atomic E-state index is 11.9. The van der Waals surface area contributed by atoms with Gasteiger partial charge >= 0.3 is 5.97 Å². The number of fused-ring (bicyclic) bond motifs is 3. The number of anilines is 1. The largest absolute Gasteiger partial charge is 0.461 e. The molecule has 0 spiro atoms. The number of hydrogen-bond acceptors (Lipinski definition) is 5. The number of pyridine rings is 2. The van der Waals surface area contributed by atoms with Crippen LogP contribution >= 0.6 is 0 Å². The first-order chi connectivity index (χ1) is 10.2. The van der Waals surface area contributed by atoms with Crippen LogP contribution in [0.5, 0.6) is 0 Å². The topological polar surface area (TPSA) is 68.5 Å². The minimum absolute atomic E-state index is 0.305. The molecule has 0 radical (unpaired) electrons. The average Bonchev–Trinajstić information content (AvgIpc) is 2.95. The van der Waals surface area contributed by atoms with Gasteiger partial charge < -0.3 is 10.1 Å². The van der Waals surface area contributed by atoms with Crippen LogP contribution in [0.25, 0.3) is 16.6 Å². The number of hydrogen-bond donors (Lipinski definition) is 1. The number of ether oxygens (including phenoxy) is 1. The van der Waals surface area contributed by atoms with Gasteiger partial charge in [-0.1, -0.05) is 0 Å². The summed E-state index contributed by atoms with van der Waals surface area (Å²) < 4.78 is 6.99. The molecule has 3 aromatic rings. The van der Waals surface area contributed by atoms with Crippen LogP contribution in [-0.2, 0) is 4.74 Å². The number of nitrogens with zero attached hydrogens (tertiary/aromatic N) is 3. The van der Waals surface area contributed by atoms with Gasteiger partial charge in [-0.25, -0.2) is 14.8 Å². The third-order valence-corrected chi connectivity index (χ3v) is 3.17. The van der Waals surface area contributed by atoms with E-state index in [0.717, 1.165) is 16.6 Å². The highest BCUT2D eigenvalue weighted by atomic mass is 16.5. The van der Waals surface area contributed by atoms with Crippen molar-refractivity contribution in [2.24, 2.45) is 0 Å². The fourth-order valence-corrected chi connectivity index (χ4v) is 2.33. The summed E-state index contributed by atoms with van der Waals surface area (Å²) in [4.78, 5) is 20.6. The van der Waals surface area contributed by atoms with Crippen molar-refractivity contribution in [1.82, 2.24) is 14.4 Å². The number of imidazole rings is 1. The van der Waals surface area contributed by atoms with E-state index < -0.39 is 5.97 Å². The fourth-order valence-electron chi connectivity index (χ4n) is 2.33. The Bertz CT molecular complexity index is 810. The first-order valence-electron chi connectivity index (χ1n) is 6.92. The molecule has 0 aliphatic carbocycles. The van der Waals surface area contributed by atoms with Gasteiger partial charge in [-0.05, 0) is 32.0 Å². The molecule has 0 aromatic carbocycles. The quantitative estimate of drug-likeness (QED) is 0.745. The first-order valence-corrected chi connectivity index (χ1v) is 6.92. The molecular weight excluding hydrogens is 268 g/mol. The van der Waals surface area contributed by atoms with Gasteiger partial charge in [0.05, 0.1) is 12.1 Å². The van der Waals surface area contributed by atoms with Gasteiger partial charge in [0.25, 0.3) is 0 Å². The monoisotopic (exact) mass is 284 g/mol. The number of carbonyl (C=O) groups excluding carboxylic acids is 1. The van der Waals surface area contributed by atoms with Crippen LogP contribution in [0.2, 0.25) is 0 Å². The van der Waals surface area contributed by atoms with Crippen LogP contribution in [0.15, 0.2) is 30.6 Å². The summed E-state index contributed by atoms with van der Waals surface area (Å²) in [5, 5.41) is 4.11. The molecule has 0 bridgehead atoms. The van der Waals surface area contributed by atoms with Crippen molar-refractivity contribution in [1.29, 1.82) is 0 Å². The number of rotatable bonds is 4. The Balaban J connectivity index is 2.27. The Kier molecular flexibility index (Phi) is 3.43. The predicted molar refractivity (Wildman–Crippen MR) is 80.6 cm³/mol. The van der Waals surface area contributed by atoms with Gasteiger partial charge in [0.15, 0.2) is 11.5 Å². The van der Waals surface area contributed by atoms with Crippen molar-refractivity contribution in [3.63, 3.8) is 0 Å². The number of carbonyl (C=O) groups is 1. The molecule has 3 rings (SSSR count). The zero-order chi connectivity index (χ0) is 14.8. The third-order valence-electron chi connectivity index (χ3n) is 3.17. The lowest BCUT2D eigenvalue weighted by atomic mass is 10.2. The Morgan fingerprint density at radius 3 is 3.00 bits per heavy atom. The van der Waals surface area contributed by atoms with Crippen LogP contribution in [-0.4, -0.2) is 33.5 Å². The molecule has 6 nitrogen and oxygen atoms in total. The summed E-state index contributed by atoms with van der Waals surface area (Å²) >= 11 is 0. The second-order valence-corrected chi connectivity index (χ2v) is 4.53. The van der Waals surface area contributed by atoms with Crippen molar-refractivity contribution < 1.29 is 9.53 Å². The van der Waals surface area contributed by atoms with Crippen LogP contribution in [0.4, 0.5) is 5.82 Å². The average molecular weight is 284 g/mol. The van der Waals surface area contributed by atoms with E-state index >= 15 is 0 Å². The minimum atomic E-state index is -0.413. The summed E-state index contributed by atoms with van der Waals surface area (Å²) in [5.41, 5.74) is 2.05. The summed E-state index contributed by atoms with van der Waals surface area (Å²) in [6.45, 7) is 4.80. The van der Waals surface area contributed by atoms with Gasteiger partial charge in [0, 0.05) is 24.3 Å². The summed E-state index contributed by atoms with van der Waals surface area (Å²) in [5.74, 6) is 0.242. The van der Waals surface area contributed by atoms with Gasteiger partial charge in [0.2, 0.25) is 0 Å². The van der Waals surface area contributed by atoms with Crippen LogP contribution in [0, 0.1) is 0 Å². The van der Waals surface area contributed by atoms with E-state index in [1.54, 1.807) is 19.2 Å². The van der Waals surface area contributed by atoms with Crippen molar-refractivity contribution in [2.75, 3.05) is 18.5 Å². The molecular formula is C15H16N4O2. The number of esters is 1. The molecule has 0 saturated heterocycles. The van der Waals surface area contributed by atoms with Gasteiger partial charge in [-0.2, -0.15) is 0 Å². The van der Waals surface area contributed by atoms with E-state index in [9.17, 15) is 4.79 Å². The molecule has 0 fully saturated rings. The number of aromatic nitrogens is 3. The van der Waals surface area contributed by atoms with E-state index in [2.05, 4.69) is 15.3 Å². The van der Waals surface area contributed by atoms with E-state index in [4.69, 9.17) is 4.74 Å². The van der Waals surface area contributed by atoms with Gasteiger partial charge in [0.1, 0.15) is 5.65 Å². The number of nitrogens with one attached hydrogen (secondary N) is 1. The fraction of sp³-hybridized carbons (Fsp3) is 0.267. The molecule has 0 atom stereocenters. The van der Waals surface area contributed by atoms with E-state index in [-0.39, 0.29) is 0 Å². The van der Waals surface area contributed by atoms with Crippen LogP contribution in [0.3, 0.4) is 0 Å². The normalized spacial score (nSPS) is 11.0. The lowest BCUT2D eigenvalue weighted by Crippen LogP contribution is -2.11. The lowest BCUT2D eigenvalue weighted by molar-refractivity contribution is 0.0520. The Morgan fingerprint density at radius 1 is 1.38 bits per heavy atom. The molecule has 0 unspecified atom stereocenters. The second kappa shape index (κ2) is 5.40. The molecule has 3 aromatic heterocycles. The van der Waals surface area contributed by atoms with Crippen LogP contribution in [0.1, 0.15) is 24.3 Å². The lowest BCUT2D eigenvalue weighted by Gasteiger charge is -2.11. The summed E-state index contributed by atoms with van der Waals surface area (Å²) in [7, 11) is 0. The van der Waals surface area contributed by atoms with Gasteiger partial charge in [-0.3, -0.25) is 4.40 Å². The highest BCUT2D eigenvalue weighted by molar-refractivity contribution is 5.97. The molecule has 0 aliphatic rings. The van der Waals surface area contributed by atoms with Gasteiger partial charge in [-0.15, -0.1) is 0 Å². The molecule has 6 heteroatoms. The zero-order valence-corrected chi connectivity index (χ0v) is 12.0. The maximum Gasteiger partial charge on any atom is 0.357 e. The van der Waals surface area contributed by atoms with Crippen molar-refractivity contribution in [3.8, 4) is 0 Å². The Labute approximate surface area is 121 Å². The Morgan fingerprint density at radius 2 is 2.24 bits per heavy atom. The molecule has 0 amide bonds. The summed E-state index contributed by atoms with van der Waals surface area (Å²) in [6.07, 6.45) is 3.62. The molecule has 1 N–H and O–H groups in total. The maximum atomic E-state index is 11.9. The van der Waals surface area contributed by atoms with E-state index in [0.29, 0.717) is 24.7 Å². The first kappa shape index (κ1) is 13.4. The third kappa shape index (κ3) is 2.29. The standard InChI is InChI=1S/C15H16N4O2/c1-3-16-14-13-10(5-6-12-17-7-8-19(12)13)9-11(18-14)15(20)21-4-2/h5-9H,3-4H2,1-2H3,(H,16,18). The molecule has 108 valence electrons. The van der Waals surface area contributed by atoms with Crippen LogP contribution < -0.4 is 5.32 Å². The SMILES string of the molecule is CCNc1nc(C(=O)OCC)cc2ccc3nccn3c12. The Hall–Kier alpha value is -2.63. The van der Waals surface area contributed by atoms with Crippen molar-refractivity contribution in [2.45, 2.75) is 13.8 Å². The molecule has 0 saturated carbocycles. The van der Waals surface area contributed by atoms with Crippen molar-refractivity contribution >= 4 is 28.3 Å². The predicted octanol–water partition coefficient (Wildman–Crippen LogP) is 2.49. The van der Waals surface area contributed by atoms with E-state index in [1.165, 1.54) is 0 Å². The molecule has 3 heterocycles. The summed E-state index contributed by atoms with van der Waals surface area (Å²) in [6, 6.07) is 5.59. The van der Waals surface area contributed by atoms with E-state index in [1.807, 2.05) is 29.7 Å². The minimum Gasteiger partial charge on any atom is -0.461 e. The second-order valence-electron chi connectivity index (χ2n) is 4.53. The highest BCUT2D eigenvalue weighted by Crippen LogP contribution is 2.24. The highest BCUT2D eigenvalue weighted by Gasteiger charge is 2.14. The smallest absolute Gasteiger partial charge is 0.357 e. The molecule has 21 heavy (non-hydrogen) atoms.